The van der Waals surface area contributed by atoms with Crippen LogP contribution in [0.5, 0.6) is 0 Å². The number of nitrogens with zero attached hydrogens (tertiary/aromatic N) is 2. The molecule has 2 N–H and O–H groups in total. The minimum Gasteiger partial charge on any atom is -0.392 e. The van der Waals surface area contributed by atoms with Gasteiger partial charge in [-0.25, -0.2) is 0 Å². The summed E-state index contributed by atoms with van der Waals surface area (Å²) in [5, 5.41) is 0. The number of piperazine rings is 1. The van der Waals surface area contributed by atoms with Gasteiger partial charge in [0.05, 0.1) is 4.99 Å². The summed E-state index contributed by atoms with van der Waals surface area (Å²) in [5.74, 6) is 2.53. The van der Waals surface area contributed by atoms with Crippen LogP contribution in [0, 0.1) is 0 Å². The highest BCUT2D eigenvalue weighted by Gasteiger charge is 2.16. The summed E-state index contributed by atoms with van der Waals surface area (Å²) < 4.78 is 0. The first kappa shape index (κ1) is 14.2. The molecule has 0 unspecified atom stereocenters. The number of hydrogen-bond acceptors (Lipinski definition) is 4. The number of nitrogens with two attached hydrogens (primary N) is 1. The van der Waals surface area contributed by atoms with Crippen LogP contribution in [0.3, 0.4) is 0 Å². The normalized spacial score (nSPS) is 18.8. The van der Waals surface area contributed by atoms with E-state index in [9.17, 15) is 0 Å². The second-order valence-corrected chi connectivity index (χ2v) is 6.05. The molecule has 0 aromatic rings. The van der Waals surface area contributed by atoms with Gasteiger partial charge in [-0.05, 0) is 24.5 Å². The number of rotatable bonds is 7. The van der Waals surface area contributed by atoms with E-state index in [1.54, 1.807) is 0 Å². The van der Waals surface area contributed by atoms with E-state index in [4.69, 9.17) is 18.0 Å². The second kappa shape index (κ2) is 8.28. The van der Waals surface area contributed by atoms with Gasteiger partial charge in [-0.1, -0.05) is 19.1 Å². The fraction of sp³-hybridized carbons (Fsp3) is 0.909. The number of thiocarbonyl (C=S) groups is 1. The van der Waals surface area contributed by atoms with E-state index in [0.717, 1.165) is 19.6 Å². The number of hydrogen-bond donors (Lipinski definition) is 1. The standard InChI is InChI=1S/C11H23N3S2/c1-2-16-9-3-4-13-5-7-14(8-6-13)10-11(12)15/h2-10H2,1H3,(H2,12,15). The molecule has 0 aromatic heterocycles. The minimum absolute atomic E-state index is 0.618. The first-order valence-corrected chi connectivity index (χ1v) is 7.59. The molecule has 0 amide bonds. The Morgan fingerprint density at radius 1 is 1.25 bits per heavy atom. The predicted molar refractivity (Wildman–Crippen MR) is 77.3 cm³/mol. The van der Waals surface area contributed by atoms with E-state index < -0.39 is 0 Å². The predicted octanol–water partition coefficient (Wildman–Crippen LogP) is 1.03. The molecule has 94 valence electrons. The summed E-state index contributed by atoms with van der Waals surface area (Å²) in [6, 6.07) is 0. The first-order chi connectivity index (χ1) is 7.72. The van der Waals surface area contributed by atoms with Crippen LogP contribution in [0.1, 0.15) is 13.3 Å². The molecular weight excluding hydrogens is 238 g/mol. The lowest BCUT2D eigenvalue weighted by atomic mass is 10.3. The summed E-state index contributed by atoms with van der Waals surface area (Å²) in [4.78, 5) is 5.51. The average Bonchev–Trinajstić information content (AvgIpc) is 2.26. The zero-order valence-corrected chi connectivity index (χ0v) is 11.8. The van der Waals surface area contributed by atoms with E-state index in [2.05, 4.69) is 16.7 Å². The van der Waals surface area contributed by atoms with Gasteiger partial charge in [0.2, 0.25) is 0 Å². The molecule has 0 aliphatic carbocycles. The second-order valence-electron chi connectivity index (χ2n) is 4.13. The molecule has 0 spiro atoms. The van der Waals surface area contributed by atoms with Gasteiger partial charge in [-0.3, -0.25) is 4.90 Å². The van der Waals surface area contributed by atoms with Crippen molar-refractivity contribution >= 4 is 29.0 Å². The molecule has 1 saturated heterocycles. The molecule has 3 nitrogen and oxygen atoms in total. The zero-order chi connectivity index (χ0) is 11.8. The summed E-state index contributed by atoms with van der Waals surface area (Å²) >= 11 is 6.96. The maximum absolute atomic E-state index is 5.54. The highest BCUT2D eigenvalue weighted by atomic mass is 32.2. The molecule has 0 atom stereocenters. The largest absolute Gasteiger partial charge is 0.392 e. The lowest BCUT2D eigenvalue weighted by molar-refractivity contribution is 0.146. The van der Waals surface area contributed by atoms with E-state index in [0.29, 0.717) is 4.99 Å². The number of thioether (sulfide) groups is 1. The summed E-state index contributed by atoms with van der Waals surface area (Å²) in [5.41, 5.74) is 5.54. The molecular formula is C11H23N3S2. The fourth-order valence-corrected chi connectivity index (χ4v) is 2.73. The topological polar surface area (TPSA) is 32.5 Å². The molecule has 5 heteroatoms. The van der Waals surface area contributed by atoms with Gasteiger partial charge in [0, 0.05) is 32.7 Å². The van der Waals surface area contributed by atoms with Crippen molar-refractivity contribution in [3.63, 3.8) is 0 Å². The van der Waals surface area contributed by atoms with Crippen molar-refractivity contribution in [1.82, 2.24) is 9.80 Å². The lowest BCUT2D eigenvalue weighted by Crippen LogP contribution is -2.48. The van der Waals surface area contributed by atoms with Crippen LogP contribution in [0.2, 0.25) is 0 Å². The maximum Gasteiger partial charge on any atom is 0.0870 e. The average molecular weight is 261 g/mol. The third-order valence-electron chi connectivity index (χ3n) is 2.81. The summed E-state index contributed by atoms with van der Waals surface area (Å²) in [7, 11) is 0. The van der Waals surface area contributed by atoms with Crippen molar-refractivity contribution in [2.45, 2.75) is 13.3 Å². The summed E-state index contributed by atoms with van der Waals surface area (Å²) in [6.45, 7) is 8.80. The Morgan fingerprint density at radius 2 is 1.88 bits per heavy atom. The highest BCUT2D eigenvalue weighted by Crippen LogP contribution is 2.05. The van der Waals surface area contributed by atoms with Crippen molar-refractivity contribution in [3.8, 4) is 0 Å². The van der Waals surface area contributed by atoms with Crippen LogP contribution in [0.4, 0.5) is 0 Å². The third-order valence-corrected chi connectivity index (χ3v) is 3.93. The summed E-state index contributed by atoms with van der Waals surface area (Å²) in [6.07, 6.45) is 1.31. The molecule has 0 radical (unpaired) electrons. The monoisotopic (exact) mass is 261 g/mol. The molecule has 1 aliphatic heterocycles. The Morgan fingerprint density at radius 3 is 2.44 bits per heavy atom. The van der Waals surface area contributed by atoms with Gasteiger partial charge in [-0.15, -0.1) is 0 Å². The van der Waals surface area contributed by atoms with Crippen molar-refractivity contribution in [3.05, 3.63) is 0 Å². The highest BCUT2D eigenvalue weighted by molar-refractivity contribution is 7.99. The van der Waals surface area contributed by atoms with Gasteiger partial charge >= 0.3 is 0 Å². The van der Waals surface area contributed by atoms with Gasteiger partial charge in [0.15, 0.2) is 0 Å². The van der Waals surface area contributed by atoms with Crippen LogP contribution in [0.25, 0.3) is 0 Å². The Balaban J connectivity index is 2.05. The minimum atomic E-state index is 0.618. The van der Waals surface area contributed by atoms with E-state index in [1.165, 1.54) is 37.6 Å². The quantitative estimate of drug-likeness (QED) is 0.547. The molecule has 1 fully saturated rings. The smallest absolute Gasteiger partial charge is 0.0870 e. The van der Waals surface area contributed by atoms with Crippen LogP contribution >= 0.6 is 24.0 Å². The van der Waals surface area contributed by atoms with Crippen molar-refractivity contribution in [2.75, 3.05) is 50.8 Å². The van der Waals surface area contributed by atoms with Crippen molar-refractivity contribution in [1.29, 1.82) is 0 Å². The van der Waals surface area contributed by atoms with E-state index in [1.807, 2.05) is 11.8 Å². The zero-order valence-electron chi connectivity index (χ0n) is 10.2. The van der Waals surface area contributed by atoms with Gasteiger partial charge in [0.1, 0.15) is 0 Å². The first-order valence-electron chi connectivity index (χ1n) is 6.03. The molecule has 1 aliphatic rings. The molecule has 0 saturated carbocycles. The Kier molecular flexibility index (Phi) is 7.36. The third kappa shape index (κ3) is 6.03. The maximum atomic E-state index is 5.54. The van der Waals surface area contributed by atoms with E-state index >= 15 is 0 Å². The van der Waals surface area contributed by atoms with Crippen molar-refractivity contribution in [2.24, 2.45) is 5.73 Å². The molecule has 0 aromatic carbocycles. The Bertz CT molecular complexity index is 203. The molecule has 16 heavy (non-hydrogen) atoms. The lowest BCUT2D eigenvalue weighted by Gasteiger charge is -2.34. The molecule has 1 heterocycles. The molecule has 1 rings (SSSR count). The van der Waals surface area contributed by atoms with Crippen molar-refractivity contribution < 1.29 is 0 Å². The fourth-order valence-electron chi connectivity index (χ4n) is 1.93. The van der Waals surface area contributed by atoms with Crippen LogP contribution < -0.4 is 5.73 Å². The van der Waals surface area contributed by atoms with Crippen LogP contribution in [-0.2, 0) is 0 Å². The SMILES string of the molecule is CCSCCCN1CCN(CC(N)=S)CC1. The van der Waals surface area contributed by atoms with Gasteiger partial charge in [0.25, 0.3) is 0 Å². The van der Waals surface area contributed by atoms with Gasteiger partial charge < -0.3 is 10.6 Å². The van der Waals surface area contributed by atoms with Crippen LogP contribution in [0.15, 0.2) is 0 Å². The Labute approximate surface area is 109 Å². The molecule has 0 bridgehead atoms. The van der Waals surface area contributed by atoms with E-state index in [-0.39, 0.29) is 0 Å². The van der Waals surface area contributed by atoms with Gasteiger partial charge in [-0.2, -0.15) is 11.8 Å². The Hall–Kier alpha value is 0.160. The van der Waals surface area contributed by atoms with Crippen LogP contribution in [-0.4, -0.2) is 65.6 Å².